The van der Waals surface area contributed by atoms with Crippen LogP contribution in [0.15, 0.2) is 23.1 Å². The molecular weight excluding hydrogens is 304 g/mol. The van der Waals surface area contributed by atoms with Crippen LogP contribution in [0.3, 0.4) is 0 Å². The summed E-state index contributed by atoms with van der Waals surface area (Å²) >= 11 is 0. The first kappa shape index (κ1) is 16.7. The van der Waals surface area contributed by atoms with E-state index in [1.54, 1.807) is 0 Å². The summed E-state index contributed by atoms with van der Waals surface area (Å²) < 4.78 is 78.1. The number of halogens is 4. The Hall–Kier alpha value is -1.39. The molecule has 3 N–H and O–H groups in total. The lowest BCUT2D eigenvalue weighted by molar-refractivity contribution is -0.173. The van der Waals surface area contributed by atoms with Crippen molar-refractivity contribution in [3.8, 4) is 0 Å². The van der Waals surface area contributed by atoms with Crippen molar-refractivity contribution in [2.75, 3.05) is 25.5 Å². The number of alkyl halides is 3. The Balaban J connectivity index is 2.54. The largest absolute Gasteiger partial charge is 0.411 e. The molecule has 0 heterocycles. The van der Waals surface area contributed by atoms with Crippen molar-refractivity contribution in [3.05, 3.63) is 24.0 Å². The second-order valence-electron chi connectivity index (χ2n) is 3.76. The standard InChI is InChI=1S/C10H12F4N2O3S/c11-8-5-7(15)1-2-9(8)20(17,18)16-3-4-19-6-10(12,13)14/h1-2,5,16H,3-4,6,15H2. The average molecular weight is 316 g/mol. The molecule has 0 unspecified atom stereocenters. The van der Waals surface area contributed by atoms with Crippen LogP contribution in [0.5, 0.6) is 0 Å². The van der Waals surface area contributed by atoms with Crippen molar-refractivity contribution >= 4 is 15.7 Å². The number of benzene rings is 1. The number of nitrogens with one attached hydrogen (secondary N) is 1. The predicted molar refractivity (Wildman–Crippen MR) is 62.9 cm³/mol. The highest BCUT2D eigenvalue weighted by atomic mass is 32.2. The van der Waals surface area contributed by atoms with Gasteiger partial charge < -0.3 is 10.5 Å². The summed E-state index contributed by atoms with van der Waals surface area (Å²) in [6, 6.07) is 2.98. The van der Waals surface area contributed by atoms with E-state index >= 15 is 0 Å². The molecule has 0 aromatic heterocycles. The number of sulfonamides is 1. The second-order valence-corrected chi connectivity index (χ2v) is 5.49. The van der Waals surface area contributed by atoms with E-state index in [4.69, 9.17) is 5.73 Å². The Morgan fingerprint density at radius 1 is 1.30 bits per heavy atom. The smallest absolute Gasteiger partial charge is 0.399 e. The molecule has 0 spiro atoms. The zero-order valence-electron chi connectivity index (χ0n) is 10.1. The van der Waals surface area contributed by atoms with Gasteiger partial charge in [0.2, 0.25) is 10.0 Å². The minimum atomic E-state index is -4.48. The highest BCUT2D eigenvalue weighted by Crippen LogP contribution is 2.17. The molecule has 0 fully saturated rings. The minimum absolute atomic E-state index is 0.0509. The molecule has 0 saturated heterocycles. The van der Waals surface area contributed by atoms with Gasteiger partial charge >= 0.3 is 6.18 Å². The summed E-state index contributed by atoms with van der Waals surface area (Å²) in [5.41, 5.74) is 5.32. The van der Waals surface area contributed by atoms with Gasteiger partial charge in [-0.1, -0.05) is 0 Å². The monoisotopic (exact) mass is 316 g/mol. The molecule has 0 aliphatic heterocycles. The van der Waals surface area contributed by atoms with E-state index in [1.807, 2.05) is 4.72 Å². The molecule has 20 heavy (non-hydrogen) atoms. The summed E-state index contributed by atoms with van der Waals surface area (Å²) in [6.45, 7) is -2.39. The van der Waals surface area contributed by atoms with Gasteiger partial charge in [-0.3, -0.25) is 0 Å². The molecule has 1 aromatic carbocycles. The van der Waals surface area contributed by atoms with Crippen molar-refractivity contribution in [1.82, 2.24) is 4.72 Å². The third kappa shape index (κ3) is 5.31. The van der Waals surface area contributed by atoms with E-state index in [9.17, 15) is 26.0 Å². The van der Waals surface area contributed by atoms with Crippen LogP contribution < -0.4 is 10.5 Å². The van der Waals surface area contributed by atoms with Gasteiger partial charge in [-0.05, 0) is 18.2 Å². The first-order chi connectivity index (χ1) is 9.12. The van der Waals surface area contributed by atoms with Gasteiger partial charge in [0, 0.05) is 12.2 Å². The molecular formula is C10H12F4N2O3S. The molecule has 10 heteroatoms. The third-order valence-electron chi connectivity index (χ3n) is 2.05. The van der Waals surface area contributed by atoms with Gasteiger partial charge in [-0.25, -0.2) is 17.5 Å². The molecule has 1 rings (SSSR count). The van der Waals surface area contributed by atoms with Crippen LogP contribution in [0.4, 0.5) is 23.2 Å². The number of nitrogens with two attached hydrogens (primary N) is 1. The molecule has 0 aliphatic rings. The predicted octanol–water partition coefficient (Wildman–Crippen LogP) is 1.27. The van der Waals surface area contributed by atoms with E-state index in [1.165, 1.54) is 6.07 Å². The van der Waals surface area contributed by atoms with Gasteiger partial charge in [-0.2, -0.15) is 13.2 Å². The maximum atomic E-state index is 13.4. The Morgan fingerprint density at radius 2 is 1.95 bits per heavy atom. The van der Waals surface area contributed by atoms with Crippen LogP contribution in [0.2, 0.25) is 0 Å². The normalized spacial score (nSPS) is 12.6. The van der Waals surface area contributed by atoms with Gasteiger partial charge in [0.25, 0.3) is 0 Å². The highest BCUT2D eigenvalue weighted by molar-refractivity contribution is 7.89. The molecule has 0 amide bonds. The van der Waals surface area contributed by atoms with E-state index in [-0.39, 0.29) is 5.69 Å². The number of rotatable bonds is 6. The molecule has 5 nitrogen and oxygen atoms in total. The topological polar surface area (TPSA) is 81.4 Å². The lowest BCUT2D eigenvalue weighted by atomic mass is 10.3. The number of anilines is 1. The Labute approximate surface area is 112 Å². The molecule has 0 bridgehead atoms. The fourth-order valence-electron chi connectivity index (χ4n) is 1.25. The van der Waals surface area contributed by atoms with Gasteiger partial charge in [0.05, 0.1) is 6.61 Å². The fourth-order valence-corrected chi connectivity index (χ4v) is 2.32. The van der Waals surface area contributed by atoms with Crippen LogP contribution in [-0.4, -0.2) is 34.4 Å². The van der Waals surface area contributed by atoms with Crippen LogP contribution >= 0.6 is 0 Å². The SMILES string of the molecule is Nc1ccc(S(=O)(=O)NCCOCC(F)(F)F)c(F)c1. The zero-order chi connectivity index (χ0) is 15.4. The Bertz CT molecular complexity index is 560. The highest BCUT2D eigenvalue weighted by Gasteiger charge is 2.27. The first-order valence-corrected chi connectivity index (χ1v) is 6.79. The van der Waals surface area contributed by atoms with Crippen LogP contribution in [0, 0.1) is 5.82 Å². The molecule has 0 saturated carbocycles. The van der Waals surface area contributed by atoms with E-state index in [0.29, 0.717) is 0 Å². The summed E-state index contributed by atoms with van der Waals surface area (Å²) in [4.78, 5) is -0.637. The van der Waals surface area contributed by atoms with E-state index in [2.05, 4.69) is 4.74 Å². The summed E-state index contributed by atoms with van der Waals surface area (Å²) in [5.74, 6) is -1.05. The molecule has 0 radical (unpaired) electrons. The molecule has 1 aromatic rings. The average Bonchev–Trinajstić information content (AvgIpc) is 2.26. The van der Waals surface area contributed by atoms with Crippen molar-refractivity contribution < 1.29 is 30.7 Å². The quantitative estimate of drug-likeness (QED) is 0.470. The van der Waals surface area contributed by atoms with E-state index < -0.39 is 46.7 Å². The lowest BCUT2D eigenvalue weighted by Crippen LogP contribution is -2.29. The second kappa shape index (κ2) is 6.37. The fraction of sp³-hybridized carbons (Fsp3) is 0.400. The van der Waals surface area contributed by atoms with Crippen LogP contribution in [0.1, 0.15) is 0 Å². The Kier molecular flexibility index (Phi) is 5.31. The lowest BCUT2D eigenvalue weighted by Gasteiger charge is -2.09. The van der Waals surface area contributed by atoms with Crippen molar-refractivity contribution in [2.24, 2.45) is 0 Å². The maximum Gasteiger partial charge on any atom is 0.411 e. The van der Waals surface area contributed by atoms with Gasteiger partial charge in [0.1, 0.15) is 17.3 Å². The molecule has 0 atom stereocenters. The summed E-state index contributed by atoms with van der Waals surface area (Å²) in [7, 11) is -4.17. The Morgan fingerprint density at radius 3 is 2.50 bits per heavy atom. The number of nitrogen functional groups attached to an aromatic ring is 1. The van der Waals surface area contributed by atoms with Gasteiger partial charge in [-0.15, -0.1) is 0 Å². The van der Waals surface area contributed by atoms with Crippen molar-refractivity contribution in [1.29, 1.82) is 0 Å². The van der Waals surface area contributed by atoms with Crippen molar-refractivity contribution in [2.45, 2.75) is 11.1 Å². The molecule has 114 valence electrons. The number of hydrogen-bond donors (Lipinski definition) is 2. The minimum Gasteiger partial charge on any atom is -0.399 e. The number of hydrogen-bond acceptors (Lipinski definition) is 4. The van der Waals surface area contributed by atoms with Gasteiger partial charge in [0.15, 0.2) is 0 Å². The zero-order valence-corrected chi connectivity index (χ0v) is 10.9. The van der Waals surface area contributed by atoms with Crippen LogP contribution in [-0.2, 0) is 14.8 Å². The third-order valence-corrected chi connectivity index (χ3v) is 3.54. The van der Waals surface area contributed by atoms with Crippen LogP contribution in [0.25, 0.3) is 0 Å². The summed E-state index contributed by atoms with van der Waals surface area (Å²) in [5, 5.41) is 0. The molecule has 0 aliphatic carbocycles. The number of ether oxygens (including phenoxy) is 1. The van der Waals surface area contributed by atoms with Crippen molar-refractivity contribution in [3.63, 3.8) is 0 Å². The summed E-state index contributed by atoms with van der Waals surface area (Å²) in [6.07, 6.45) is -4.48. The maximum absolute atomic E-state index is 13.4. The van der Waals surface area contributed by atoms with E-state index in [0.717, 1.165) is 12.1 Å². The first-order valence-electron chi connectivity index (χ1n) is 5.31.